The molecule has 3 rings (SSSR count). The molecular formula is C16H12N2O3. The molecular weight excluding hydrogens is 268 g/mol. The van der Waals surface area contributed by atoms with Crippen molar-refractivity contribution in [3.05, 3.63) is 71.0 Å². The summed E-state index contributed by atoms with van der Waals surface area (Å²) in [6, 6.07) is 16.4. The molecule has 2 aromatic carbocycles. The van der Waals surface area contributed by atoms with Crippen LogP contribution in [0.4, 0.5) is 0 Å². The molecule has 3 aromatic rings. The number of para-hydroxylation sites is 1. The Morgan fingerprint density at radius 2 is 1.57 bits per heavy atom. The summed E-state index contributed by atoms with van der Waals surface area (Å²) in [4.78, 5) is 16.3. The van der Waals surface area contributed by atoms with E-state index in [1.165, 1.54) is 16.7 Å². The van der Waals surface area contributed by atoms with Gasteiger partial charge in [0, 0.05) is 5.56 Å². The van der Waals surface area contributed by atoms with Crippen molar-refractivity contribution in [2.45, 2.75) is 0 Å². The average Bonchev–Trinajstić information content (AvgIpc) is 2.48. The molecule has 1 aromatic heterocycles. The summed E-state index contributed by atoms with van der Waals surface area (Å²) >= 11 is 0. The van der Waals surface area contributed by atoms with Crippen LogP contribution in [-0.4, -0.2) is 19.8 Å². The molecule has 0 amide bonds. The van der Waals surface area contributed by atoms with E-state index in [1.54, 1.807) is 24.3 Å². The maximum Gasteiger partial charge on any atom is 0.262 e. The molecule has 0 unspecified atom stereocenters. The Morgan fingerprint density at radius 3 is 2.24 bits per heavy atom. The average molecular weight is 280 g/mol. The van der Waals surface area contributed by atoms with Crippen LogP contribution >= 0.6 is 0 Å². The first-order chi connectivity index (χ1) is 10.1. The molecule has 0 aliphatic heterocycles. The predicted molar refractivity (Wildman–Crippen MR) is 78.6 cm³/mol. The van der Waals surface area contributed by atoms with Crippen molar-refractivity contribution in [3.8, 4) is 28.7 Å². The second-order valence-electron chi connectivity index (χ2n) is 4.49. The van der Waals surface area contributed by atoms with Crippen molar-refractivity contribution in [3.63, 3.8) is 0 Å². The molecule has 0 aliphatic carbocycles. The van der Waals surface area contributed by atoms with Crippen molar-refractivity contribution in [1.82, 2.24) is 9.55 Å². The molecule has 21 heavy (non-hydrogen) atoms. The number of hydrogen-bond donors (Lipinski definition) is 2. The van der Waals surface area contributed by atoms with Crippen molar-refractivity contribution >= 4 is 0 Å². The number of aromatic hydroxyl groups is 2. The number of aromatic nitrogens is 2. The van der Waals surface area contributed by atoms with Gasteiger partial charge in [0.05, 0.1) is 11.8 Å². The van der Waals surface area contributed by atoms with E-state index in [9.17, 15) is 15.0 Å². The van der Waals surface area contributed by atoms with Crippen LogP contribution in [0.1, 0.15) is 0 Å². The van der Waals surface area contributed by atoms with E-state index in [-0.39, 0.29) is 17.2 Å². The molecule has 2 N–H and O–H groups in total. The normalized spacial score (nSPS) is 10.5. The van der Waals surface area contributed by atoms with Gasteiger partial charge in [-0.15, -0.1) is 0 Å². The number of benzene rings is 2. The third-order valence-corrected chi connectivity index (χ3v) is 3.05. The summed E-state index contributed by atoms with van der Waals surface area (Å²) in [6.07, 6.45) is 0. The molecule has 0 radical (unpaired) electrons. The Bertz CT molecular complexity index is 824. The van der Waals surface area contributed by atoms with Crippen LogP contribution in [-0.2, 0) is 0 Å². The molecule has 0 saturated heterocycles. The van der Waals surface area contributed by atoms with Gasteiger partial charge in [-0.25, -0.2) is 0 Å². The quantitative estimate of drug-likeness (QED) is 0.755. The zero-order chi connectivity index (χ0) is 14.8. The van der Waals surface area contributed by atoms with Crippen LogP contribution in [0.2, 0.25) is 0 Å². The van der Waals surface area contributed by atoms with Gasteiger partial charge < -0.3 is 10.2 Å². The zero-order valence-electron chi connectivity index (χ0n) is 11.0. The van der Waals surface area contributed by atoms with Crippen molar-refractivity contribution in [2.75, 3.05) is 0 Å². The van der Waals surface area contributed by atoms with Gasteiger partial charge in [0.2, 0.25) is 5.88 Å². The Labute approximate surface area is 120 Å². The lowest BCUT2D eigenvalue weighted by Gasteiger charge is -2.12. The maximum absolute atomic E-state index is 12.2. The van der Waals surface area contributed by atoms with Gasteiger partial charge >= 0.3 is 0 Å². The van der Waals surface area contributed by atoms with Crippen LogP contribution in [0.15, 0.2) is 65.5 Å². The van der Waals surface area contributed by atoms with Crippen molar-refractivity contribution in [1.29, 1.82) is 0 Å². The Kier molecular flexibility index (Phi) is 3.16. The fraction of sp³-hybridized carbons (Fsp3) is 0. The highest BCUT2D eigenvalue weighted by molar-refractivity contribution is 5.60. The summed E-state index contributed by atoms with van der Waals surface area (Å²) in [5, 5.41) is 19.0. The summed E-state index contributed by atoms with van der Waals surface area (Å²) in [6.45, 7) is 0. The number of rotatable bonds is 2. The molecule has 0 spiro atoms. The molecule has 0 fully saturated rings. The Balaban J connectivity index is 2.29. The van der Waals surface area contributed by atoms with Gasteiger partial charge in [-0.05, 0) is 36.4 Å². The second kappa shape index (κ2) is 5.13. The zero-order valence-corrected chi connectivity index (χ0v) is 11.0. The van der Waals surface area contributed by atoms with Gasteiger partial charge in [0.25, 0.3) is 5.56 Å². The smallest absolute Gasteiger partial charge is 0.262 e. The highest BCUT2D eigenvalue weighted by atomic mass is 16.3. The van der Waals surface area contributed by atoms with E-state index in [2.05, 4.69) is 4.98 Å². The molecule has 0 atom stereocenters. The highest BCUT2D eigenvalue weighted by Crippen LogP contribution is 2.23. The number of phenols is 1. The SMILES string of the molecule is O=c1cc(O)nc(-c2ccc(O)cc2)n1-c1ccccc1. The van der Waals surface area contributed by atoms with Crippen LogP contribution < -0.4 is 5.56 Å². The van der Waals surface area contributed by atoms with Gasteiger partial charge in [-0.1, -0.05) is 18.2 Å². The summed E-state index contributed by atoms with van der Waals surface area (Å²) in [5.41, 5.74) is 0.888. The molecule has 0 saturated carbocycles. The monoisotopic (exact) mass is 280 g/mol. The van der Waals surface area contributed by atoms with E-state index >= 15 is 0 Å². The number of nitrogens with zero attached hydrogens (tertiary/aromatic N) is 2. The summed E-state index contributed by atoms with van der Waals surface area (Å²) in [5.74, 6) is 0.0916. The van der Waals surface area contributed by atoms with Crippen molar-refractivity contribution < 1.29 is 10.2 Å². The first-order valence-corrected chi connectivity index (χ1v) is 6.33. The first-order valence-electron chi connectivity index (χ1n) is 6.33. The largest absolute Gasteiger partial charge is 0.508 e. The topological polar surface area (TPSA) is 75.3 Å². The van der Waals surface area contributed by atoms with Gasteiger partial charge in [-0.3, -0.25) is 9.36 Å². The molecule has 104 valence electrons. The Hall–Kier alpha value is -3.08. The third-order valence-electron chi connectivity index (χ3n) is 3.05. The highest BCUT2D eigenvalue weighted by Gasteiger charge is 2.12. The second-order valence-corrected chi connectivity index (χ2v) is 4.49. The van der Waals surface area contributed by atoms with Crippen molar-refractivity contribution in [2.24, 2.45) is 0 Å². The minimum absolute atomic E-state index is 0.118. The van der Waals surface area contributed by atoms with Crippen LogP contribution in [0.25, 0.3) is 17.1 Å². The molecule has 1 heterocycles. The van der Waals surface area contributed by atoms with E-state index < -0.39 is 0 Å². The van der Waals surface area contributed by atoms with Gasteiger partial charge in [-0.2, -0.15) is 4.98 Å². The lowest BCUT2D eigenvalue weighted by atomic mass is 10.2. The van der Waals surface area contributed by atoms with Gasteiger partial charge in [0.1, 0.15) is 5.75 Å². The van der Waals surface area contributed by atoms with Crippen LogP contribution in [0.5, 0.6) is 11.6 Å². The molecule has 0 aliphatic rings. The van der Waals surface area contributed by atoms with E-state index in [0.29, 0.717) is 17.1 Å². The number of hydrogen-bond acceptors (Lipinski definition) is 4. The molecule has 5 nitrogen and oxygen atoms in total. The van der Waals surface area contributed by atoms with E-state index in [0.717, 1.165) is 6.07 Å². The fourth-order valence-corrected chi connectivity index (χ4v) is 2.10. The van der Waals surface area contributed by atoms with E-state index in [4.69, 9.17) is 0 Å². The molecule has 0 bridgehead atoms. The maximum atomic E-state index is 12.2. The summed E-state index contributed by atoms with van der Waals surface area (Å²) in [7, 11) is 0. The number of phenolic OH excluding ortho intramolecular Hbond substituents is 1. The standard InChI is InChI=1S/C16H12N2O3/c19-13-8-6-11(7-9-13)16-17-14(20)10-15(21)18(16)12-4-2-1-3-5-12/h1-10,19-20H. The predicted octanol–water partition coefficient (Wildman–Crippen LogP) is 2.31. The lowest BCUT2D eigenvalue weighted by Crippen LogP contribution is -2.20. The van der Waals surface area contributed by atoms with E-state index in [1.807, 2.05) is 18.2 Å². The Morgan fingerprint density at radius 1 is 0.905 bits per heavy atom. The van der Waals surface area contributed by atoms with Gasteiger partial charge in [0.15, 0.2) is 5.82 Å². The minimum Gasteiger partial charge on any atom is -0.508 e. The third kappa shape index (κ3) is 2.49. The minimum atomic E-state index is -0.378. The lowest BCUT2D eigenvalue weighted by molar-refractivity contribution is 0.450. The fourth-order valence-electron chi connectivity index (χ4n) is 2.10. The summed E-state index contributed by atoms with van der Waals surface area (Å²) < 4.78 is 1.41. The van der Waals surface area contributed by atoms with Crippen LogP contribution in [0, 0.1) is 0 Å². The van der Waals surface area contributed by atoms with Crippen LogP contribution in [0.3, 0.4) is 0 Å². The molecule has 5 heteroatoms. The first kappa shape index (κ1) is 12.9.